The number of ether oxygens (including phenoxy) is 1. The molecule has 1 heterocycles. The van der Waals surface area contributed by atoms with Crippen molar-refractivity contribution >= 4 is 5.91 Å². The Kier molecular flexibility index (Phi) is 4.69. The molecule has 1 aromatic carbocycles. The van der Waals surface area contributed by atoms with Crippen LogP contribution >= 0.6 is 0 Å². The van der Waals surface area contributed by atoms with Gasteiger partial charge >= 0.3 is 6.18 Å². The molecule has 0 aliphatic carbocycles. The third-order valence-corrected chi connectivity index (χ3v) is 3.62. The molecule has 0 radical (unpaired) electrons. The number of hydrogen-bond acceptors (Lipinski definition) is 2. The number of amides is 1. The van der Waals surface area contributed by atoms with Crippen LogP contribution in [0.25, 0.3) is 0 Å². The average molecular weight is 323 g/mol. The van der Waals surface area contributed by atoms with Gasteiger partial charge in [-0.05, 0) is 25.5 Å². The SMILES string of the molecule is C[C@@H]1OCC[C@H]1C(=O)N[C@@H](c1c(F)cccc1F)C(F)(F)F. The fraction of sp³-hybridized carbons (Fsp3) is 0.500. The summed E-state index contributed by atoms with van der Waals surface area (Å²) in [5.74, 6) is -4.44. The molecule has 0 saturated carbocycles. The van der Waals surface area contributed by atoms with Gasteiger partial charge in [-0.25, -0.2) is 8.78 Å². The molecule has 122 valence electrons. The van der Waals surface area contributed by atoms with E-state index in [0.717, 1.165) is 6.07 Å². The first-order valence-electron chi connectivity index (χ1n) is 6.64. The van der Waals surface area contributed by atoms with Crippen molar-refractivity contribution in [2.75, 3.05) is 6.61 Å². The molecule has 0 unspecified atom stereocenters. The highest BCUT2D eigenvalue weighted by Crippen LogP contribution is 2.36. The summed E-state index contributed by atoms with van der Waals surface area (Å²) in [7, 11) is 0. The van der Waals surface area contributed by atoms with Gasteiger partial charge in [0.1, 0.15) is 11.6 Å². The maximum atomic E-state index is 13.6. The summed E-state index contributed by atoms with van der Waals surface area (Å²) in [6.07, 6.45) is -5.31. The Morgan fingerprint density at radius 1 is 1.32 bits per heavy atom. The van der Waals surface area contributed by atoms with E-state index in [-0.39, 0.29) is 13.0 Å². The Labute approximate surface area is 123 Å². The Bertz CT molecular complexity index is 540. The third-order valence-electron chi connectivity index (χ3n) is 3.62. The monoisotopic (exact) mass is 323 g/mol. The van der Waals surface area contributed by atoms with Crippen molar-refractivity contribution < 1.29 is 31.5 Å². The average Bonchev–Trinajstić information content (AvgIpc) is 2.82. The van der Waals surface area contributed by atoms with E-state index < -0.39 is 47.3 Å². The van der Waals surface area contributed by atoms with Crippen LogP contribution in [0.1, 0.15) is 24.9 Å². The Hall–Kier alpha value is -1.70. The number of hydrogen-bond donors (Lipinski definition) is 1. The van der Waals surface area contributed by atoms with Crippen molar-refractivity contribution in [3.05, 3.63) is 35.4 Å². The summed E-state index contributed by atoms with van der Waals surface area (Å²) >= 11 is 0. The minimum Gasteiger partial charge on any atom is -0.378 e. The fourth-order valence-corrected chi connectivity index (χ4v) is 2.43. The van der Waals surface area contributed by atoms with Gasteiger partial charge in [0.15, 0.2) is 6.04 Å². The van der Waals surface area contributed by atoms with Gasteiger partial charge in [0.2, 0.25) is 5.91 Å². The number of alkyl halides is 3. The van der Waals surface area contributed by atoms with Gasteiger partial charge in [0, 0.05) is 6.61 Å². The molecule has 22 heavy (non-hydrogen) atoms. The highest BCUT2D eigenvalue weighted by Gasteiger charge is 2.46. The lowest BCUT2D eigenvalue weighted by Gasteiger charge is -2.25. The van der Waals surface area contributed by atoms with Crippen molar-refractivity contribution in [2.45, 2.75) is 31.7 Å². The molecule has 1 aromatic rings. The van der Waals surface area contributed by atoms with Crippen LogP contribution in [0.15, 0.2) is 18.2 Å². The van der Waals surface area contributed by atoms with E-state index in [0.29, 0.717) is 12.1 Å². The summed E-state index contributed by atoms with van der Waals surface area (Å²) in [5, 5.41) is 1.70. The second kappa shape index (κ2) is 6.20. The molecule has 1 fully saturated rings. The summed E-state index contributed by atoms with van der Waals surface area (Å²) in [5.41, 5.74) is -1.21. The lowest BCUT2D eigenvalue weighted by atomic mass is 9.99. The van der Waals surface area contributed by atoms with E-state index in [1.165, 1.54) is 0 Å². The van der Waals surface area contributed by atoms with Crippen LogP contribution in [0.2, 0.25) is 0 Å². The number of halogens is 5. The summed E-state index contributed by atoms with van der Waals surface area (Å²) in [4.78, 5) is 12.0. The second-order valence-electron chi connectivity index (χ2n) is 5.09. The van der Waals surface area contributed by atoms with Gasteiger partial charge in [-0.1, -0.05) is 6.07 Å². The van der Waals surface area contributed by atoms with E-state index in [1.54, 1.807) is 12.2 Å². The molecule has 3 atom stereocenters. The molecule has 1 aliphatic rings. The number of nitrogens with one attached hydrogen (secondary N) is 1. The molecule has 1 aliphatic heterocycles. The molecular weight excluding hydrogens is 309 g/mol. The van der Waals surface area contributed by atoms with Gasteiger partial charge < -0.3 is 10.1 Å². The zero-order valence-electron chi connectivity index (χ0n) is 11.6. The van der Waals surface area contributed by atoms with Gasteiger partial charge in [-0.3, -0.25) is 4.79 Å². The van der Waals surface area contributed by atoms with E-state index in [4.69, 9.17) is 4.74 Å². The summed E-state index contributed by atoms with van der Waals surface area (Å²) < 4.78 is 71.7. The van der Waals surface area contributed by atoms with Gasteiger partial charge in [-0.15, -0.1) is 0 Å². The maximum Gasteiger partial charge on any atom is 0.413 e. The van der Waals surface area contributed by atoms with E-state index in [1.807, 2.05) is 0 Å². The molecule has 1 N–H and O–H groups in total. The van der Waals surface area contributed by atoms with Crippen LogP contribution in [0, 0.1) is 17.6 Å². The molecule has 0 bridgehead atoms. The zero-order chi connectivity index (χ0) is 16.5. The first-order chi connectivity index (χ1) is 10.2. The minimum atomic E-state index is -5.03. The standard InChI is InChI=1S/C14H14F5NO2/c1-7-8(5-6-22-7)13(21)20-12(14(17,18)19)11-9(15)3-2-4-10(11)16/h2-4,7-8,12H,5-6H2,1H3,(H,20,21)/t7-,8+,12-/m0/s1. The van der Waals surface area contributed by atoms with Crippen LogP contribution in [0.3, 0.4) is 0 Å². The maximum absolute atomic E-state index is 13.6. The van der Waals surface area contributed by atoms with Crippen LogP contribution in [-0.2, 0) is 9.53 Å². The van der Waals surface area contributed by atoms with Crippen LogP contribution in [0.5, 0.6) is 0 Å². The molecular formula is C14H14F5NO2. The third kappa shape index (κ3) is 3.37. The summed E-state index contributed by atoms with van der Waals surface area (Å²) in [6, 6.07) is -0.361. The van der Waals surface area contributed by atoms with Crippen LogP contribution in [-0.4, -0.2) is 24.8 Å². The van der Waals surface area contributed by atoms with Gasteiger partial charge in [0.05, 0.1) is 17.6 Å². The molecule has 2 rings (SSSR count). The van der Waals surface area contributed by atoms with Crippen molar-refractivity contribution in [3.8, 4) is 0 Å². The molecule has 0 spiro atoms. The van der Waals surface area contributed by atoms with Crippen molar-refractivity contribution in [1.82, 2.24) is 5.32 Å². The molecule has 3 nitrogen and oxygen atoms in total. The van der Waals surface area contributed by atoms with E-state index >= 15 is 0 Å². The smallest absolute Gasteiger partial charge is 0.378 e. The largest absolute Gasteiger partial charge is 0.413 e. The highest BCUT2D eigenvalue weighted by atomic mass is 19.4. The molecule has 1 amide bonds. The van der Waals surface area contributed by atoms with E-state index in [2.05, 4.69) is 0 Å². The van der Waals surface area contributed by atoms with Crippen molar-refractivity contribution in [1.29, 1.82) is 0 Å². The predicted octanol–water partition coefficient (Wildman–Crippen LogP) is 3.11. The second-order valence-corrected chi connectivity index (χ2v) is 5.09. The molecule has 1 saturated heterocycles. The summed E-state index contributed by atoms with van der Waals surface area (Å²) in [6.45, 7) is 1.81. The first-order valence-corrected chi connectivity index (χ1v) is 6.64. The lowest BCUT2D eigenvalue weighted by Crippen LogP contribution is -2.43. The highest BCUT2D eigenvalue weighted by molar-refractivity contribution is 5.80. The number of carbonyl (C=O) groups excluding carboxylic acids is 1. The quantitative estimate of drug-likeness (QED) is 0.868. The minimum absolute atomic E-state index is 0.254. The molecule has 8 heteroatoms. The number of rotatable bonds is 3. The van der Waals surface area contributed by atoms with Crippen molar-refractivity contribution in [3.63, 3.8) is 0 Å². The predicted molar refractivity (Wildman–Crippen MR) is 66.8 cm³/mol. The van der Waals surface area contributed by atoms with Crippen LogP contribution < -0.4 is 5.32 Å². The first kappa shape index (κ1) is 16.7. The zero-order valence-corrected chi connectivity index (χ0v) is 11.6. The lowest BCUT2D eigenvalue weighted by molar-refractivity contribution is -0.166. The van der Waals surface area contributed by atoms with Crippen molar-refractivity contribution in [2.24, 2.45) is 5.92 Å². The van der Waals surface area contributed by atoms with Gasteiger partial charge in [-0.2, -0.15) is 13.2 Å². The number of carbonyl (C=O) groups is 1. The Balaban J connectivity index is 2.30. The number of benzene rings is 1. The Morgan fingerprint density at radius 2 is 1.91 bits per heavy atom. The Morgan fingerprint density at radius 3 is 2.36 bits per heavy atom. The van der Waals surface area contributed by atoms with Gasteiger partial charge in [0.25, 0.3) is 0 Å². The van der Waals surface area contributed by atoms with Crippen LogP contribution in [0.4, 0.5) is 22.0 Å². The van der Waals surface area contributed by atoms with E-state index in [9.17, 15) is 26.7 Å². The molecule has 0 aromatic heterocycles. The topological polar surface area (TPSA) is 38.3 Å². The normalized spacial score (nSPS) is 23.4. The fourth-order valence-electron chi connectivity index (χ4n) is 2.43.